The van der Waals surface area contributed by atoms with Gasteiger partial charge < -0.3 is 5.73 Å². The van der Waals surface area contributed by atoms with Gasteiger partial charge in [0.25, 0.3) is 0 Å². The van der Waals surface area contributed by atoms with E-state index in [4.69, 9.17) is 14.0 Å². The lowest BCUT2D eigenvalue weighted by atomic mass is 10.2. The first kappa shape index (κ1) is 1.97. The Morgan fingerprint density at radius 2 is 2.56 bits per heavy atom. The molecule has 0 bridgehead atoms. The van der Waals surface area contributed by atoms with E-state index in [1.165, 1.54) is 0 Å². The molecule has 0 unspecified atom stereocenters. The maximum atomic E-state index is 13.4. The van der Waals surface area contributed by atoms with Crippen LogP contribution in [0, 0.1) is 12.7 Å². The first-order valence-corrected chi connectivity index (χ1v) is 2.23. The van der Waals surface area contributed by atoms with Crippen LogP contribution in [0.25, 0.3) is 0 Å². The second-order valence-corrected chi connectivity index (χ2v) is 1.48. The van der Waals surface area contributed by atoms with E-state index in [9.17, 15) is 4.39 Å². The van der Waals surface area contributed by atoms with Crippen LogP contribution in [-0.2, 0) is 0 Å². The van der Waals surface area contributed by atoms with E-state index < -0.39 is 42.0 Å². The van der Waals surface area contributed by atoms with Crippen molar-refractivity contribution in [2.75, 3.05) is 5.73 Å². The highest BCUT2D eigenvalue weighted by Crippen LogP contribution is 2.09. The number of nitrogens with two attached hydrogens (primary N) is 1. The molecule has 48 valence electrons. The number of anilines is 1. The van der Waals surface area contributed by atoms with Crippen molar-refractivity contribution in [3.63, 3.8) is 0 Å². The minimum atomic E-state index is -2.86. The smallest absolute Gasteiger partial charge is 0.128 e. The Morgan fingerprint density at radius 3 is 3.22 bits per heavy atom. The van der Waals surface area contributed by atoms with Gasteiger partial charge in [-0.25, -0.2) is 4.39 Å². The summed E-state index contributed by atoms with van der Waals surface area (Å²) in [6.45, 7) is -2.86. The minimum Gasteiger partial charge on any atom is -0.399 e. The van der Waals surface area contributed by atoms with Crippen LogP contribution in [0.1, 0.15) is 13.8 Å². The molecule has 0 saturated heterocycles. The molecule has 0 fully saturated rings. The van der Waals surface area contributed by atoms with Crippen LogP contribution >= 0.6 is 0 Å². The summed E-state index contributed by atoms with van der Waals surface area (Å²) in [7, 11) is 0. The van der Waals surface area contributed by atoms with Gasteiger partial charge in [0.05, 0.1) is 4.11 Å². The van der Waals surface area contributed by atoms with Gasteiger partial charge in [0, 0.05) is 9.80 Å². The summed E-state index contributed by atoms with van der Waals surface area (Å²) in [5.74, 6) is -1.35. The third-order valence-electron chi connectivity index (χ3n) is 0.786. The van der Waals surface area contributed by atoms with Crippen molar-refractivity contribution in [3.05, 3.63) is 29.5 Å². The largest absolute Gasteiger partial charge is 0.399 e. The second kappa shape index (κ2) is 2.05. The van der Waals surface area contributed by atoms with Crippen molar-refractivity contribution in [1.29, 1.82) is 0 Å². The van der Waals surface area contributed by atoms with Crippen LogP contribution in [-0.4, -0.2) is 0 Å². The molecule has 0 aliphatic carbocycles. The molecule has 0 heterocycles. The maximum absolute atomic E-state index is 13.4. The molecule has 1 rings (SSSR count). The van der Waals surface area contributed by atoms with Gasteiger partial charge in [-0.15, -0.1) is 0 Å². The van der Waals surface area contributed by atoms with E-state index in [1.807, 2.05) is 0 Å². The summed E-state index contributed by atoms with van der Waals surface area (Å²) >= 11 is 0. The Hall–Kier alpha value is -1.05. The van der Waals surface area contributed by atoms with Gasteiger partial charge in [0.2, 0.25) is 0 Å². The summed E-state index contributed by atoms with van der Waals surface area (Å²) in [4.78, 5) is 0. The number of rotatable bonds is 0. The van der Waals surface area contributed by atoms with Gasteiger partial charge in [-0.3, -0.25) is 0 Å². The van der Waals surface area contributed by atoms with Gasteiger partial charge in [-0.1, -0.05) is 6.04 Å². The van der Waals surface area contributed by atoms with Crippen molar-refractivity contribution in [1.82, 2.24) is 0 Å². The second-order valence-electron chi connectivity index (χ2n) is 1.48. The van der Waals surface area contributed by atoms with Crippen LogP contribution in [0.2, 0.25) is 0 Å². The van der Waals surface area contributed by atoms with Crippen LogP contribution in [0.3, 0.4) is 0 Å². The Morgan fingerprint density at radius 1 is 1.78 bits per heavy atom. The van der Waals surface area contributed by atoms with Crippen molar-refractivity contribution >= 4 is 5.69 Å². The molecule has 0 radical (unpaired) electrons. The molecule has 0 atom stereocenters. The lowest BCUT2D eigenvalue weighted by Crippen LogP contribution is -1.87. The average molecular weight is 131 g/mol. The monoisotopic (exact) mass is 131 g/mol. The van der Waals surface area contributed by atoms with E-state index in [0.717, 1.165) is 0 Å². The lowest BCUT2D eigenvalue weighted by molar-refractivity contribution is 0.619. The highest BCUT2D eigenvalue weighted by Gasteiger charge is 1.93. The van der Waals surface area contributed by atoms with Crippen LogP contribution in [0.15, 0.2) is 18.1 Å². The number of hydrogen-bond acceptors (Lipinski definition) is 1. The van der Waals surface area contributed by atoms with E-state index in [1.54, 1.807) is 0 Å². The standard InChI is InChI=1S/C7H8FN/c1-5-2-3-6(9)4-7(5)8/h2-4H,9H2,1H3/i1D3,2D,3D,4D. The summed E-state index contributed by atoms with van der Waals surface area (Å²) in [6, 6.07) is -2.27. The molecular formula is C7H8FN. The number of nitrogen functional groups attached to an aromatic ring is 1. The third kappa shape index (κ3) is 1.19. The van der Waals surface area contributed by atoms with E-state index in [-0.39, 0.29) is 0 Å². The highest BCUT2D eigenvalue weighted by molar-refractivity contribution is 5.39. The predicted molar refractivity (Wildman–Crippen MR) is 35.5 cm³/mol. The van der Waals surface area contributed by atoms with Crippen molar-refractivity contribution in [3.8, 4) is 0 Å². The summed E-state index contributed by atoms with van der Waals surface area (Å²) in [6.07, 6.45) is 0. The molecule has 0 saturated carbocycles. The molecule has 0 aromatic heterocycles. The van der Waals surface area contributed by atoms with Gasteiger partial charge in [0.1, 0.15) is 5.82 Å². The van der Waals surface area contributed by atoms with Gasteiger partial charge >= 0.3 is 0 Å². The van der Waals surface area contributed by atoms with Crippen molar-refractivity contribution in [2.24, 2.45) is 0 Å². The Balaban J connectivity index is 3.68. The molecule has 0 aliphatic heterocycles. The third-order valence-corrected chi connectivity index (χ3v) is 0.786. The fourth-order valence-electron chi connectivity index (χ4n) is 0.397. The molecule has 2 heteroatoms. The Bertz CT molecular complexity index is 384. The zero-order valence-electron chi connectivity index (χ0n) is 10.5. The van der Waals surface area contributed by atoms with Crippen molar-refractivity contribution < 1.29 is 12.6 Å². The number of benzene rings is 1. The molecule has 1 aromatic carbocycles. The Kier molecular flexibility index (Phi) is 0.450. The quantitative estimate of drug-likeness (QED) is 0.533. The highest BCUT2D eigenvalue weighted by atomic mass is 19.1. The van der Waals surface area contributed by atoms with Crippen molar-refractivity contribution in [2.45, 2.75) is 6.85 Å². The maximum Gasteiger partial charge on any atom is 0.128 e. The summed E-state index contributed by atoms with van der Waals surface area (Å²) in [5.41, 5.74) is 3.73. The van der Waals surface area contributed by atoms with E-state index in [0.29, 0.717) is 0 Å². The first-order valence-electron chi connectivity index (χ1n) is 5.23. The topological polar surface area (TPSA) is 26.0 Å². The minimum absolute atomic E-state index is 0.523. The summed E-state index contributed by atoms with van der Waals surface area (Å²) in [5, 5.41) is 0. The van der Waals surface area contributed by atoms with E-state index in [2.05, 4.69) is 0 Å². The Labute approximate surface area is 61.7 Å². The zero-order valence-corrected chi connectivity index (χ0v) is 4.46. The SMILES string of the molecule is [2H]c1c([2H])c(C([2H])([2H])[2H])c(F)c([2H])c1N. The van der Waals surface area contributed by atoms with Gasteiger partial charge in [0.15, 0.2) is 0 Å². The molecule has 9 heavy (non-hydrogen) atoms. The molecule has 2 N–H and O–H groups in total. The van der Waals surface area contributed by atoms with Crippen LogP contribution < -0.4 is 5.73 Å². The molecule has 0 aliphatic rings. The van der Waals surface area contributed by atoms with Gasteiger partial charge in [-0.2, -0.15) is 0 Å². The molecule has 0 amide bonds. The fraction of sp³-hybridized carbons (Fsp3) is 0.143. The summed E-state index contributed by atoms with van der Waals surface area (Å²) < 4.78 is 56.0. The van der Waals surface area contributed by atoms with Crippen LogP contribution in [0.5, 0.6) is 0 Å². The molecule has 1 aromatic rings. The normalized spacial score (nSPS) is 20.6. The zero-order chi connectivity index (χ0) is 12.0. The average Bonchev–Trinajstić information content (AvgIpc) is 2.09. The lowest BCUT2D eigenvalue weighted by Gasteiger charge is -1.94. The van der Waals surface area contributed by atoms with Gasteiger partial charge in [-0.05, 0) is 24.5 Å². The van der Waals surface area contributed by atoms with Crippen LogP contribution in [0.4, 0.5) is 10.1 Å². The fourth-order valence-corrected chi connectivity index (χ4v) is 0.397. The molecule has 0 spiro atoms. The predicted octanol–water partition coefficient (Wildman–Crippen LogP) is 1.72. The van der Waals surface area contributed by atoms with E-state index >= 15 is 0 Å². The number of hydrogen-bond donors (Lipinski definition) is 1. The molecule has 1 nitrogen and oxygen atoms in total. The number of halogens is 1. The first-order chi connectivity index (χ1) is 6.68. The molecular weight excluding hydrogens is 117 g/mol.